The molecule has 74 valence electrons. The Balaban J connectivity index is 2.96. The van der Waals surface area contributed by atoms with E-state index in [0.717, 1.165) is 13.0 Å². The second-order valence-electron chi connectivity index (χ2n) is 3.93. The van der Waals surface area contributed by atoms with Crippen LogP contribution in [0.5, 0.6) is 0 Å². The van der Waals surface area contributed by atoms with Gasteiger partial charge in [-0.25, -0.2) is 0 Å². The summed E-state index contributed by atoms with van der Waals surface area (Å²) in [5, 5.41) is 3.15. The molecule has 3 nitrogen and oxygen atoms in total. The lowest BCUT2D eigenvalue weighted by molar-refractivity contribution is -0.119. The molecule has 0 aromatic carbocycles. The number of nitrogens with two attached hydrogens (primary N) is 1. The van der Waals surface area contributed by atoms with Crippen LogP contribution in [0.2, 0.25) is 0 Å². The molecule has 0 aromatic rings. The van der Waals surface area contributed by atoms with E-state index in [2.05, 4.69) is 26.1 Å². The number of hydrogen-bond donors (Lipinski definition) is 2. The van der Waals surface area contributed by atoms with Crippen LogP contribution < -0.4 is 11.1 Å². The van der Waals surface area contributed by atoms with Crippen molar-refractivity contribution in [1.82, 2.24) is 5.32 Å². The van der Waals surface area contributed by atoms with Crippen molar-refractivity contribution in [2.45, 2.75) is 33.2 Å². The van der Waals surface area contributed by atoms with Crippen molar-refractivity contribution in [1.29, 1.82) is 0 Å². The summed E-state index contributed by atoms with van der Waals surface area (Å²) < 4.78 is 0. The molecule has 0 saturated carbocycles. The standard InChI is InChI=1S/C10H18N2O/c1-6(2)8-7(3)4-5-12-9(8)10(11)13/h6,9,12H,4-5H2,1-3H3,(H2,11,13). The molecule has 1 amide bonds. The van der Waals surface area contributed by atoms with Crippen LogP contribution in [-0.2, 0) is 4.79 Å². The maximum absolute atomic E-state index is 11.1. The average Bonchev–Trinajstić information content (AvgIpc) is 2.02. The molecule has 1 aliphatic rings. The molecule has 1 atom stereocenters. The van der Waals surface area contributed by atoms with E-state index in [1.54, 1.807) is 0 Å². The summed E-state index contributed by atoms with van der Waals surface area (Å²) in [6, 6.07) is -0.242. The molecule has 0 aromatic heterocycles. The number of hydrogen-bond acceptors (Lipinski definition) is 2. The molecule has 1 rings (SSSR count). The van der Waals surface area contributed by atoms with E-state index < -0.39 is 0 Å². The number of nitrogens with one attached hydrogen (secondary N) is 1. The van der Waals surface area contributed by atoms with Crippen molar-refractivity contribution in [3.8, 4) is 0 Å². The monoisotopic (exact) mass is 182 g/mol. The highest BCUT2D eigenvalue weighted by molar-refractivity contribution is 5.83. The van der Waals surface area contributed by atoms with E-state index in [0.29, 0.717) is 5.92 Å². The summed E-state index contributed by atoms with van der Waals surface area (Å²) in [7, 11) is 0. The van der Waals surface area contributed by atoms with Gasteiger partial charge in [0.1, 0.15) is 6.04 Å². The fraction of sp³-hybridized carbons (Fsp3) is 0.700. The van der Waals surface area contributed by atoms with Gasteiger partial charge in [0.25, 0.3) is 0 Å². The van der Waals surface area contributed by atoms with Crippen molar-refractivity contribution >= 4 is 5.91 Å². The topological polar surface area (TPSA) is 55.1 Å². The van der Waals surface area contributed by atoms with Crippen molar-refractivity contribution in [2.75, 3.05) is 6.54 Å². The van der Waals surface area contributed by atoms with Crippen LogP contribution in [0, 0.1) is 5.92 Å². The highest BCUT2D eigenvalue weighted by atomic mass is 16.1. The molecular formula is C10H18N2O. The van der Waals surface area contributed by atoms with E-state index in [1.165, 1.54) is 11.1 Å². The Bertz CT molecular complexity index is 243. The van der Waals surface area contributed by atoms with Gasteiger partial charge in [0.2, 0.25) is 5.91 Å². The molecule has 0 spiro atoms. The minimum atomic E-state index is -0.261. The molecule has 1 heterocycles. The first kappa shape index (κ1) is 10.3. The SMILES string of the molecule is CC1=C(C(C)C)C(C(N)=O)NCC1. The highest BCUT2D eigenvalue weighted by Gasteiger charge is 2.26. The van der Waals surface area contributed by atoms with Gasteiger partial charge in [-0.05, 0) is 31.4 Å². The Hall–Kier alpha value is -0.830. The number of amides is 1. The Labute approximate surface area is 79.4 Å². The predicted octanol–water partition coefficient (Wildman–Crippen LogP) is 0.806. The molecule has 3 N–H and O–H groups in total. The zero-order valence-electron chi connectivity index (χ0n) is 8.55. The van der Waals surface area contributed by atoms with E-state index in [4.69, 9.17) is 5.73 Å². The molecule has 0 fully saturated rings. The lowest BCUT2D eigenvalue weighted by atomic mass is 9.87. The summed E-state index contributed by atoms with van der Waals surface area (Å²) in [6.45, 7) is 7.14. The van der Waals surface area contributed by atoms with Gasteiger partial charge in [-0.15, -0.1) is 0 Å². The van der Waals surface area contributed by atoms with Gasteiger partial charge in [0.05, 0.1) is 0 Å². The molecule has 0 radical (unpaired) electrons. The quantitative estimate of drug-likeness (QED) is 0.621. The maximum atomic E-state index is 11.1. The van der Waals surface area contributed by atoms with Gasteiger partial charge in [-0.3, -0.25) is 4.79 Å². The molecule has 0 saturated heterocycles. The van der Waals surface area contributed by atoms with E-state index in [1.807, 2.05) is 0 Å². The van der Waals surface area contributed by atoms with Crippen LogP contribution in [0.4, 0.5) is 0 Å². The van der Waals surface area contributed by atoms with Gasteiger partial charge in [-0.1, -0.05) is 19.4 Å². The van der Waals surface area contributed by atoms with Gasteiger partial charge < -0.3 is 11.1 Å². The van der Waals surface area contributed by atoms with Crippen LogP contribution in [-0.4, -0.2) is 18.5 Å². The number of primary amides is 1. The lowest BCUT2D eigenvalue weighted by Gasteiger charge is -2.29. The molecule has 0 aliphatic carbocycles. The summed E-state index contributed by atoms with van der Waals surface area (Å²) >= 11 is 0. The zero-order chi connectivity index (χ0) is 10.0. The smallest absolute Gasteiger partial charge is 0.238 e. The van der Waals surface area contributed by atoms with Crippen molar-refractivity contribution in [2.24, 2.45) is 11.7 Å². The summed E-state index contributed by atoms with van der Waals surface area (Å²) in [4.78, 5) is 11.1. The van der Waals surface area contributed by atoms with E-state index in [9.17, 15) is 4.79 Å². The molecule has 1 unspecified atom stereocenters. The minimum Gasteiger partial charge on any atom is -0.368 e. The summed E-state index contributed by atoms with van der Waals surface area (Å²) in [6.07, 6.45) is 1.03. The normalized spacial score (nSPS) is 23.8. The minimum absolute atomic E-state index is 0.242. The third kappa shape index (κ3) is 2.10. The lowest BCUT2D eigenvalue weighted by Crippen LogP contribution is -2.47. The average molecular weight is 182 g/mol. The Morgan fingerprint density at radius 3 is 2.62 bits per heavy atom. The van der Waals surface area contributed by atoms with Crippen molar-refractivity contribution < 1.29 is 4.79 Å². The molecule has 0 bridgehead atoms. The van der Waals surface area contributed by atoms with Gasteiger partial charge in [0, 0.05) is 0 Å². The maximum Gasteiger partial charge on any atom is 0.238 e. The Morgan fingerprint density at radius 1 is 1.62 bits per heavy atom. The number of carbonyl (C=O) groups is 1. The first-order valence-electron chi connectivity index (χ1n) is 4.76. The van der Waals surface area contributed by atoms with Gasteiger partial charge in [0.15, 0.2) is 0 Å². The summed E-state index contributed by atoms with van der Waals surface area (Å²) in [5.41, 5.74) is 7.82. The van der Waals surface area contributed by atoms with E-state index in [-0.39, 0.29) is 11.9 Å². The van der Waals surface area contributed by atoms with Crippen LogP contribution in [0.25, 0.3) is 0 Å². The van der Waals surface area contributed by atoms with Crippen LogP contribution in [0.15, 0.2) is 11.1 Å². The summed E-state index contributed by atoms with van der Waals surface area (Å²) in [5.74, 6) is 0.132. The fourth-order valence-corrected chi connectivity index (χ4v) is 1.98. The predicted molar refractivity (Wildman–Crippen MR) is 53.1 cm³/mol. The van der Waals surface area contributed by atoms with Crippen molar-refractivity contribution in [3.63, 3.8) is 0 Å². The second-order valence-corrected chi connectivity index (χ2v) is 3.93. The largest absolute Gasteiger partial charge is 0.368 e. The van der Waals surface area contributed by atoms with Crippen LogP contribution in [0.3, 0.4) is 0 Å². The molecule has 13 heavy (non-hydrogen) atoms. The first-order valence-corrected chi connectivity index (χ1v) is 4.76. The van der Waals surface area contributed by atoms with Crippen molar-refractivity contribution in [3.05, 3.63) is 11.1 Å². The molecule has 1 aliphatic heterocycles. The first-order chi connectivity index (χ1) is 6.04. The number of carbonyl (C=O) groups excluding carboxylic acids is 1. The third-order valence-corrected chi connectivity index (χ3v) is 2.56. The fourth-order valence-electron chi connectivity index (χ4n) is 1.98. The van der Waals surface area contributed by atoms with Gasteiger partial charge >= 0.3 is 0 Å². The van der Waals surface area contributed by atoms with Crippen LogP contribution >= 0.6 is 0 Å². The Morgan fingerprint density at radius 2 is 2.23 bits per heavy atom. The zero-order valence-corrected chi connectivity index (χ0v) is 8.55. The van der Waals surface area contributed by atoms with E-state index >= 15 is 0 Å². The van der Waals surface area contributed by atoms with Crippen LogP contribution in [0.1, 0.15) is 27.2 Å². The Kier molecular flexibility index (Phi) is 3.09. The molecular weight excluding hydrogens is 164 g/mol. The highest BCUT2D eigenvalue weighted by Crippen LogP contribution is 2.23. The second kappa shape index (κ2) is 3.92. The van der Waals surface area contributed by atoms with Gasteiger partial charge in [-0.2, -0.15) is 0 Å². The third-order valence-electron chi connectivity index (χ3n) is 2.56. The molecule has 3 heteroatoms. The number of rotatable bonds is 2.